The molecule has 0 bridgehead atoms. The molecule has 1 aromatic rings. The Morgan fingerprint density at radius 2 is 1.92 bits per heavy atom. The molecule has 3 nitrogen and oxygen atoms in total. The zero-order valence-electron chi connectivity index (χ0n) is 14.7. The van der Waals surface area contributed by atoms with Gasteiger partial charge in [0.15, 0.2) is 0 Å². The fourth-order valence-corrected chi connectivity index (χ4v) is 4.42. The van der Waals surface area contributed by atoms with Crippen molar-refractivity contribution in [2.75, 3.05) is 6.61 Å². The number of allylic oxidation sites excluding steroid dienone is 1. The number of hydrogen-bond donors (Lipinski definition) is 1. The van der Waals surface area contributed by atoms with E-state index in [0.29, 0.717) is 18.1 Å². The smallest absolute Gasteiger partial charge is 0.303 e. The number of carboxylic acids is 1. The first kappa shape index (κ1) is 18.3. The molecule has 2 aliphatic rings. The molecule has 4 heteroatoms. The van der Waals surface area contributed by atoms with Crippen molar-refractivity contribution in [2.45, 2.75) is 64.2 Å². The quantitative estimate of drug-likeness (QED) is 0.624. The Kier molecular flexibility index (Phi) is 6.41. The summed E-state index contributed by atoms with van der Waals surface area (Å²) in [7, 11) is 0. The number of carboxylic acid groups (broad SMARTS) is 1. The highest BCUT2D eigenvalue weighted by atomic mass is 35.5. The van der Waals surface area contributed by atoms with Crippen molar-refractivity contribution in [1.82, 2.24) is 0 Å². The Bertz CT molecular complexity index is 645. The van der Waals surface area contributed by atoms with Crippen LogP contribution in [0.5, 0.6) is 5.75 Å². The first-order chi connectivity index (χ1) is 12.1. The fourth-order valence-electron chi connectivity index (χ4n) is 4.16. The summed E-state index contributed by atoms with van der Waals surface area (Å²) in [5, 5.41) is 9.38. The van der Waals surface area contributed by atoms with E-state index in [0.717, 1.165) is 23.7 Å². The molecule has 0 saturated heterocycles. The molecule has 0 radical (unpaired) electrons. The Morgan fingerprint density at radius 3 is 2.64 bits per heavy atom. The van der Waals surface area contributed by atoms with Crippen LogP contribution in [0.4, 0.5) is 0 Å². The molecule has 1 aromatic carbocycles. The van der Waals surface area contributed by atoms with Crippen LogP contribution < -0.4 is 4.74 Å². The summed E-state index contributed by atoms with van der Waals surface area (Å²) in [5.41, 5.74) is 4.04. The molecule has 0 heterocycles. The van der Waals surface area contributed by atoms with Crippen LogP contribution in [0.3, 0.4) is 0 Å². The molecular weight excluding hydrogens is 336 g/mol. The summed E-state index contributed by atoms with van der Waals surface area (Å²) in [6.07, 6.45) is 11.0. The van der Waals surface area contributed by atoms with Gasteiger partial charge in [-0.15, -0.1) is 0 Å². The number of aryl methyl sites for hydroxylation is 1. The van der Waals surface area contributed by atoms with Gasteiger partial charge in [0.1, 0.15) is 12.4 Å². The second-order valence-electron chi connectivity index (χ2n) is 7.25. The maximum absolute atomic E-state index is 10.7. The Balaban J connectivity index is 1.63. The van der Waals surface area contributed by atoms with Gasteiger partial charge in [0.25, 0.3) is 0 Å². The van der Waals surface area contributed by atoms with Crippen molar-refractivity contribution in [2.24, 2.45) is 5.92 Å². The molecule has 0 unspecified atom stereocenters. The van der Waals surface area contributed by atoms with Crippen LogP contribution in [0.1, 0.15) is 63.4 Å². The Hall–Kier alpha value is -1.48. The van der Waals surface area contributed by atoms with E-state index in [1.807, 2.05) is 18.2 Å². The Labute approximate surface area is 155 Å². The van der Waals surface area contributed by atoms with Gasteiger partial charge in [0.2, 0.25) is 0 Å². The van der Waals surface area contributed by atoms with Crippen LogP contribution >= 0.6 is 11.6 Å². The van der Waals surface area contributed by atoms with E-state index in [1.165, 1.54) is 50.5 Å². The lowest BCUT2D eigenvalue weighted by molar-refractivity contribution is -0.136. The predicted molar refractivity (Wildman–Crippen MR) is 100 cm³/mol. The van der Waals surface area contributed by atoms with Gasteiger partial charge in [-0.2, -0.15) is 0 Å². The Morgan fingerprint density at radius 1 is 1.16 bits per heavy atom. The van der Waals surface area contributed by atoms with Crippen LogP contribution in [0.2, 0.25) is 5.02 Å². The molecule has 1 N–H and O–H groups in total. The number of ether oxygens (including phenoxy) is 1. The summed E-state index contributed by atoms with van der Waals surface area (Å²) in [6.45, 7) is 0.663. The minimum Gasteiger partial charge on any atom is -0.489 e. The highest BCUT2D eigenvalue weighted by Crippen LogP contribution is 2.39. The molecule has 25 heavy (non-hydrogen) atoms. The second-order valence-corrected chi connectivity index (χ2v) is 7.66. The van der Waals surface area contributed by atoms with E-state index in [9.17, 15) is 4.79 Å². The van der Waals surface area contributed by atoms with Gasteiger partial charge >= 0.3 is 5.97 Å². The van der Waals surface area contributed by atoms with Gasteiger partial charge in [0.05, 0.1) is 0 Å². The van der Waals surface area contributed by atoms with Crippen molar-refractivity contribution in [1.29, 1.82) is 0 Å². The average molecular weight is 363 g/mol. The van der Waals surface area contributed by atoms with Gasteiger partial charge in [0, 0.05) is 11.4 Å². The molecule has 3 rings (SSSR count). The molecular formula is C21H27ClO3. The summed E-state index contributed by atoms with van der Waals surface area (Å²) in [4.78, 5) is 10.7. The normalized spacial score (nSPS) is 18.6. The lowest BCUT2D eigenvalue weighted by Gasteiger charge is -2.25. The van der Waals surface area contributed by atoms with Crippen molar-refractivity contribution in [3.8, 4) is 5.75 Å². The van der Waals surface area contributed by atoms with Gasteiger partial charge in [-0.1, -0.05) is 36.1 Å². The zero-order chi connectivity index (χ0) is 17.6. The van der Waals surface area contributed by atoms with Crippen molar-refractivity contribution in [3.05, 3.63) is 39.9 Å². The number of halogens is 1. The maximum Gasteiger partial charge on any atom is 0.303 e. The molecule has 136 valence electrons. The molecule has 2 aliphatic carbocycles. The van der Waals surface area contributed by atoms with Gasteiger partial charge < -0.3 is 9.84 Å². The van der Waals surface area contributed by atoms with Crippen molar-refractivity contribution < 1.29 is 14.6 Å². The lowest BCUT2D eigenvalue weighted by atomic mass is 9.83. The molecule has 0 aromatic heterocycles. The van der Waals surface area contributed by atoms with E-state index in [4.69, 9.17) is 21.4 Å². The minimum atomic E-state index is -0.805. The van der Waals surface area contributed by atoms with E-state index in [2.05, 4.69) is 0 Å². The standard InChI is InChI=1S/C21H27ClO3/c22-20-13-18(11-9-16(20)10-12-21(23)24)25-14-17-7-3-4-8-19(17)15-5-1-2-6-15/h9,11,13,15H,1-8,10,12,14H2,(H,23,24). The van der Waals surface area contributed by atoms with Crippen LogP contribution in [0, 0.1) is 5.92 Å². The van der Waals surface area contributed by atoms with Gasteiger partial charge in [-0.3, -0.25) is 4.79 Å². The minimum absolute atomic E-state index is 0.0948. The molecule has 0 aliphatic heterocycles. The first-order valence-electron chi connectivity index (χ1n) is 9.47. The van der Waals surface area contributed by atoms with Crippen LogP contribution in [0.15, 0.2) is 29.3 Å². The molecule has 0 spiro atoms. The van der Waals surface area contributed by atoms with Crippen molar-refractivity contribution in [3.63, 3.8) is 0 Å². The first-order valence-corrected chi connectivity index (χ1v) is 9.85. The van der Waals surface area contributed by atoms with E-state index < -0.39 is 5.97 Å². The summed E-state index contributed by atoms with van der Waals surface area (Å²) in [5.74, 6) is 0.758. The van der Waals surface area contributed by atoms with Crippen LogP contribution in [-0.4, -0.2) is 17.7 Å². The SMILES string of the molecule is O=C(O)CCc1ccc(OCC2=C(C3CCCC3)CCCC2)cc1Cl. The number of rotatable bonds is 7. The third-order valence-corrected chi connectivity index (χ3v) is 5.87. The predicted octanol–water partition coefficient (Wildman–Crippen LogP) is 5.80. The third kappa shape index (κ3) is 5.01. The topological polar surface area (TPSA) is 46.5 Å². The fraction of sp³-hybridized carbons (Fsp3) is 0.571. The lowest BCUT2D eigenvalue weighted by Crippen LogP contribution is -2.13. The summed E-state index contributed by atoms with van der Waals surface area (Å²) < 4.78 is 6.04. The molecule has 1 saturated carbocycles. The highest BCUT2D eigenvalue weighted by Gasteiger charge is 2.24. The highest BCUT2D eigenvalue weighted by molar-refractivity contribution is 6.31. The average Bonchev–Trinajstić information content (AvgIpc) is 3.13. The van der Waals surface area contributed by atoms with Crippen LogP contribution in [0.25, 0.3) is 0 Å². The monoisotopic (exact) mass is 362 g/mol. The third-order valence-electron chi connectivity index (χ3n) is 5.52. The molecule has 0 atom stereocenters. The number of aliphatic carboxylic acids is 1. The van der Waals surface area contributed by atoms with E-state index >= 15 is 0 Å². The molecule has 1 fully saturated rings. The zero-order valence-corrected chi connectivity index (χ0v) is 15.5. The van der Waals surface area contributed by atoms with Crippen LogP contribution in [-0.2, 0) is 11.2 Å². The number of benzene rings is 1. The maximum atomic E-state index is 10.7. The van der Waals surface area contributed by atoms with Gasteiger partial charge in [-0.25, -0.2) is 0 Å². The molecule has 0 amide bonds. The van der Waals surface area contributed by atoms with E-state index in [-0.39, 0.29) is 6.42 Å². The van der Waals surface area contributed by atoms with Crippen molar-refractivity contribution >= 4 is 17.6 Å². The number of carbonyl (C=O) groups is 1. The number of hydrogen-bond acceptors (Lipinski definition) is 2. The van der Waals surface area contributed by atoms with Gasteiger partial charge in [-0.05, 0) is 74.1 Å². The summed E-state index contributed by atoms with van der Waals surface area (Å²) >= 11 is 6.28. The van der Waals surface area contributed by atoms with E-state index in [1.54, 1.807) is 5.57 Å². The second kappa shape index (κ2) is 8.75. The summed E-state index contributed by atoms with van der Waals surface area (Å²) in [6, 6.07) is 5.60. The largest absolute Gasteiger partial charge is 0.489 e.